The van der Waals surface area contributed by atoms with Gasteiger partial charge in [-0.05, 0) is 18.6 Å². The summed E-state index contributed by atoms with van der Waals surface area (Å²) in [6.07, 6.45) is 1.09. The zero-order chi connectivity index (χ0) is 22.4. The highest BCUT2D eigenvalue weighted by atomic mass is 32.1. The van der Waals surface area contributed by atoms with E-state index in [1.54, 1.807) is 6.07 Å². The van der Waals surface area contributed by atoms with E-state index in [-0.39, 0.29) is 18.0 Å². The molecule has 3 rings (SSSR count). The first-order valence-electron chi connectivity index (χ1n) is 10.4. The lowest BCUT2D eigenvalue weighted by molar-refractivity contribution is -0.119. The Morgan fingerprint density at radius 1 is 1.23 bits per heavy atom. The highest BCUT2D eigenvalue weighted by Gasteiger charge is 2.28. The molecule has 1 aliphatic heterocycles. The Labute approximate surface area is 188 Å². The molecule has 0 spiro atoms. The van der Waals surface area contributed by atoms with Gasteiger partial charge in [0, 0.05) is 42.8 Å². The second kappa shape index (κ2) is 10.7. The summed E-state index contributed by atoms with van der Waals surface area (Å²) in [4.78, 5) is 25.0. The maximum absolute atomic E-state index is 13.0. The largest absolute Gasteiger partial charge is 0.492 e. The summed E-state index contributed by atoms with van der Waals surface area (Å²) in [5, 5.41) is 6.21. The predicted octanol–water partition coefficient (Wildman–Crippen LogP) is 1.49. The van der Waals surface area contributed by atoms with E-state index in [1.807, 2.05) is 43.3 Å². The molecule has 0 fully saturated rings. The lowest BCUT2D eigenvalue weighted by Gasteiger charge is -2.29. The number of ether oxygens (including phenoxy) is 1. The summed E-state index contributed by atoms with van der Waals surface area (Å²) in [6.45, 7) is 3.09. The minimum absolute atomic E-state index is 0.0296. The second-order valence-corrected chi connectivity index (χ2v) is 8.25. The van der Waals surface area contributed by atoms with E-state index in [0.717, 1.165) is 23.1 Å². The molecular weight excluding hydrogens is 412 g/mol. The first-order valence-corrected chi connectivity index (χ1v) is 11.0. The van der Waals surface area contributed by atoms with Gasteiger partial charge in [-0.15, -0.1) is 0 Å². The molecule has 7 nitrogen and oxygen atoms in total. The normalized spacial score (nSPS) is 17.2. The first-order chi connectivity index (χ1) is 14.9. The van der Waals surface area contributed by atoms with Gasteiger partial charge in [0.1, 0.15) is 11.8 Å². The number of aryl methyl sites for hydroxylation is 1. The van der Waals surface area contributed by atoms with E-state index in [0.29, 0.717) is 36.6 Å². The average molecular weight is 443 g/mol. The Kier molecular flexibility index (Phi) is 7.95. The number of hydrogen-bond donors (Lipinski definition) is 5. The van der Waals surface area contributed by atoms with E-state index in [4.69, 9.17) is 16.2 Å². The van der Waals surface area contributed by atoms with Gasteiger partial charge < -0.3 is 26.8 Å². The monoisotopic (exact) mass is 442 g/mol. The van der Waals surface area contributed by atoms with Crippen molar-refractivity contribution in [2.45, 2.75) is 37.9 Å². The molecule has 31 heavy (non-hydrogen) atoms. The van der Waals surface area contributed by atoms with Crippen molar-refractivity contribution in [2.24, 2.45) is 11.5 Å². The predicted molar refractivity (Wildman–Crippen MR) is 124 cm³/mol. The lowest BCUT2D eigenvalue weighted by Crippen LogP contribution is -2.46. The van der Waals surface area contributed by atoms with Crippen molar-refractivity contribution in [3.63, 3.8) is 0 Å². The molecule has 2 unspecified atom stereocenters. The molecule has 0 aromatic heterocycles. The molecule has 2 amide bonds. The zero-order valence-corrected chi connectivity index (χ0v) is 18.5. The van der Waals surface area contributed by atoms with Crippen molar-refractivity contribution in [2.75, 3.05) is 18.9 Å². The summed E-state index contributed by atoms with van der Waals surface area (Å²) >= 11 is 4.22. The van der Waals surface area contributed by atoms with Crippen LogP contribution in [0, 0.1) is 6.92 Å². The van der Waals surface area contributed by atoms with Gasteiger partial charge >= 0.3 is 0 Å². The molecule has 0 saturated carbocycles. The minimum Gasteiger partial charge on any atom is -0.492 e. The van der Waals surface area contributed by atoms with Crippen LogP contribution in [0.2, 0.25) is 0 Å². The van der Waals surface area contributed by atoms with Crippen LogP contribution in [0.25, 0.3) is 0 Å². The third-order valence-electron chi connectivity index (χ3n) is 5.39. The van der Waals surface area contributed by atoms with Gasteiger partial charge in [-0.1, -0.05) is 42.0 Å². The Morgan fingerprint density at radius 2 is 1.97 bits per heavy atom. The number of nitrogens with one attached hydrogen (secondary N) is 2. The summed E-state index contributed by atoms with van der Waals surface area (Å²) in [5.41, 5.74) is 14.9. The van der Waals surface area contributed by atoms with Crippen LogP contribution in [0.4, 0.5) is 0 Å². The lowest BCUT2D eigenvalue weighted by atomic mass is 9.96. The van der Waals surface area contributed by atoms with Crippen molar-refractivity contribution < 1.29 is 14.3 Å². The molecule has 166 valence electrons. The number of carbonyl (C=O) groups excluding carboxylic acids is 2. The minimum atomic E-state index is -0.822. The van der Waals surface area contributed by atoms with Crippen LogP contribution >= 0.6 is 12.6 Å². The summed E-state index contributed by atoms with van der Waals surface area (Å²) < 4.78 is 5.85. The molecule has 2 aromatic rings. The summed E-state index contributed by atoms with van der Waals surface area (Å²) in [7, 11) is 0. The number of carbonyl (C=O) groups is 2. The topological polar surface area (TPSA) is 119 Å². The number of amides is 2. The summed E-state index contributed by atoms with van der Waals surface area (Å²) in [5.74, 6) is 0.142. The van der Waals surface area contributed by atoms with Crippen LogP contribution < -0.4 is 26.8 Å². The Hall–Kier alpha value is -2.55. The molecule has 2 aromatic carbocycles. The van der Waals surface area contributed by atoms with Crippen molar-refractivity contribution >= 4 is 24.4 Å². The van der Waals surface area contributed by atoms with E-state index in [9.17, 15) is 9.59 Å². The van der Waals surface area contributed by atoms with Crippen molar-refractivity contribution in [3.05, 3.63) is 64.7 Å². The fraction of sp³-hybridized carbons (Fsp3) is 0.391. The first kappa shape index (κ1) is 23.1. The van der Waals surface area contributed by atoms with Gasteiger partial charge in [0.25, 0.3) is 5.91 Å². The quantitative estimate of drug-likeness (QED) is 0.377. The highest BCUT2D eigenvalue weighted by molar-refractivity contribution is 7.80. The number of para-hydroxylation sites is 1. The second-order valence-electron chi connectivity index (χ2n) is 7.88. The number of benzene rings is 2. The molecule has 0 bridgehead atoms. The van der Waals surface area contributed by atoms with Gasteiger partial charge in [0.15, 0.2) is 0 Å². The zero-order valence-electron chi connectivity index (χ0n) is 17.6. The maximum Gasteiger partial charge on any atom is 0.255 e. The summed E-state index contributed by atoms with van der Waals surface area (Å²) in [6, 6.07) is 12.4. The van der Waals surface area contributed by atoms with Crippen LogP contribution in [-0.4, -0.2) is 42.8 Å². The molecule has 3 atom stereocenters. The smallest absolute Gasteiger partial charge is 0.255 e. The van der Waals surface area contributed by atoms with Gasteiger partial charge in [-0.2, -0.15) is 12.6 Å². The Morgan fingerprint density at radius 3 is 2.65 bits per heavy atom. The van der Waals surface area contributed by atoms with E-state index < -0.39 is 11.9 Å². The average Bonchev–Trinajstić information content (AvgIpc) is 2.77. The molecule has 8 heteroatoms. The number of thiol groups is 1. The van der Waals surface area contributed by atoms with E-state index in [1.165, 1.54) is 0 Å². The van der Waals surface area contributed by atoms with E-state index >= 15 is 0 Å². The van der Waals surface area contributed by atoms with Crippen molar-refractivity contribution in [1.29, 1.82) is 0 Å². The number of rotatable bonds is 9. The van der Waals surface area contributed by atoms with Crippen LogP contribution in [0.3, 0.4) is 0 Å². The third kappa shape index (κ3) is 6.00. The molecule has 6 N–H and O–H groups in total. The molecule has 1 aliphatic rings. The number of hydrogen-bond acceptors (Lipinski definition) is 6. The van der Waals surface area contributed by atoms with Crippen molar-refractivity contribution in [1.82, 2.24) is 10.6 Å². The maximum atomic E-state index is 13.0. The fourth-order valence-corrected chi connectivity index (χ4v) is 3.72. The number of fused-ring (bicyclic) bond motifs is 1. The Bertz CT molecular complexity index is 920. The SMILES string of the molecule is Cc1ccc(C[C@H](NC(=O)c2cccc3c2OCCC3NCC(N)CS)C(N)=O)cc1. The van der Waals surface area contributed by atoms with Gasteiger partial charge in [0.05, 0.1) is 12.2 Å². The Balaban J connectivity index is 1.76. The van der Waals surface area contributed by atoms with Crippen LogP contribution in [0.15, 0.2) is 42.5 Å². The molecule has 0 aliphatic carbocycles. The van der Waals surface area contributed by atoms with Crippen molar-refractivity contribution in [3.8, 4) is 5.75 Å². The van der Waals surface area contributed by atoms with Crippen LogP contribution in [0.1, 0.15) is 39.5 Å². The number of nitrogens with two attached hydrogens (primary N) is 2. The van der Waals surface area contributed by atoms with Crippen LogP contribution in [-0.2, 0) is 11.2 Å². The third-order valence-corrected chi connectivity index (χ3v) is 5.86. The molecule has 0 saturated heterocycles. The van der Waals surface area contributed by atoms with Gasteiger partial charge in [0.2, 0.25) is 5.91 Å². The molecular formula is C23H30N4O3S. The standard InChI is InChI=1S/C23H30N4O3S/c1-14-5-7-15(8-6-14)11-20(22(25)28)27-23(29)18-4-2-3-17-19(9-10-30-21(17)18)26-12-16(24)13-31/h2-8,16,19-20,26,31H,9-13,24H2,1H3,(H2,25,28)(H,27,29)/t16?,19?,20-/m0/s1. The van der Waals surface area contributed by atoms with Crippen LogP contribution in [0.5, 0.6) is 5.75 Å². The molecule has 1 heterocycles. The number of primary amides is 1. The van der Waals surface area contributed by atoms with Gasteiger partial charge in [-0.25, -0.2) is 0 Å². The highest BCUT2D eigenvalue weighted by Crippen LogP contribution is 2.35. The molecule has 0 radical (unpaired) electrons. The van der Waals surface area contributed by atoms with E-state index in [2.05, 4.69) is 23.3 Å². The fourth-order valence-electron chi connectivity index (χ4n) is 3.59. The van der Waals surface area contributed by atoms with Gasteiger partial charge in [-0.3, -0.25) is 9.59 Å².